The predicted octanol–water partition coefficient (Wildman–Crippen LogP) is 4.64. The molecule has 20 heavy (non-hydrogen) atoms. The van der Waals surface area contributed by atoms with Crippen LogP contribution in [0.5, 0.6) is 0 Å². The number of rotatable bonds is 2. The van der Waals surface area contributed by atoms with E-state index in [0.717, 1.165) is 18.8 Å². The highest BCUT2D eigenvalue weighted by Gasteiger charge is 2.51. The molecule has 2 rings (SSSR count). The van der Waals surface area contributed by atoms with Crippen molar-refractivity contribution < 1.29 is 5.11 Å². The summed E-state index contributed by atoms with van der Waals surface area (Å²) in [6.45, 7) is 11.3. The number of aliphatic hydroxyl groups excluding tert-OH is 1. The van der Waals surface area contributed by atoms with Crippen LogP contribution in [0, 0.1) is 40.4 Å². The standard InChI is InChI=1S/C19H32O/c1-14(8-6-12-18(2,3)4)15-10-11-16-17(20)9-7-13-19(15,16)5/h14-17,20H,7-11,13H2,1-5H3/t14?,15?,16-,17-,19+/m0/s1. The summed E-state index contributed by atoms with van der Waals surface area (Å²) >= 11 is 0. The third kappa shape index (κ3) is 3.22. The number of hydrogen-bond donors (Lipinski definition) is 1. The molecule has 2 fully saturated rings. The highest BCUT2D eigenvalue weighted by molar-refractivity contribution is 5.09. The lowest BCUT2D eigenvalue weighted by atomic mass is 9.61. The van der Waals surface area contributed by atoms with Crippen LogP contribution >= 0.6 is 0 Å². The van der Waals surface area contributed by atoms with E-state index in [4.69, 9.17) is 0 Å². The quantitative estimate of drug-likeness (QED) is 0.728. The van der Waals surface area contributed by atoms with Gasteiger partial charge in [0.15, 0.2) is 0 Å². The third-order valence-electron chi connectivity index (χ3n) is 5.74. The van der Waals surface area contributed by atoms with Crippen molar-refractivity contribution >= 4 is 0 Å². The van der Waals surface area contributed by atoms with Crippen LogP contribution in [0.1, 0.15) is 73.1 Å². The first-order valence-corrected chi connectivity index (χ1v) is 8.42. The van der Waals surface area contributed by atoms with Gasteiger partial charge in [0.2, 0.25) is 0 Å². The summed E-state index contributed by atoms with van der Waals surface area (Å²) in [5.74, 6) is 8.73. The second-order valence-corrected chi connectivity index (χ2v) is 8.49. The van der Waals surface area contributed by atoms with E-state index in [2.05, 4.69) is 46.5 Å². The Kier molecular flexibility index (Phi) is 4.55. The van der Waals surface area contributed by atoms with Crippen molar-refractivity contribution in [3.05, 3.63) is 0 Å². The zero-order valence-electron chi connectivity index (χ0n) is 14.0. The fourth-order valence-corrected chi connectivity index (χ4v) is 4.74. The Morgan fingerprint density at radius 3 is 2.60 bits per heavy atom. The van der Waals surface area contributed by atoms with Gasteiger partial charge in [0, 0.05) is 11.8 Å². The molecule has 5 atom stereocenters. The SMILES string of the molecule is CC(CC#CC(C)(C)C)C1CC[C@H]2[C@@H](O)CCC[C@]12C. The minimum Gasteiger partial charge on any atom is -0.393 e. The van der Waals surface area contributed by atoms with Gasteiger partial charge in [0.25, 0.3) is 0 Å². The Balaban J connectivity index is 2.03. The van der Waals surface area contributed by atoms with Crippen molar-refractivity contribution in [2.75, 3.05) is 0 Å². The summed E-state index contributed by atoms with van der Waals surface area (Å²) in [5, 5.41) is 10.3. The van der Waals surface area contributed by atoms with Gasteiger partial charge < -0.3 is 5.11 Å². The molecule has 0 bridgehead atoms. The highest BCUT2D eigenvalue weighted by Crippen LogP contribution is 2.58. The maximum Gasteiger partial charge on any atom is 0.0573 e. The zero-order valence-corrected chi connectivity index (χ0v) is 14.0. The van der Waals surface area contributed by atoms with Gasteiger partial charge in [0.05, 0.1) is 6.10 Å². The van der Waals surface area contributed by atoms with E-state index in [1.807, 2.05) is 0 Å². The first-order valence-electron chi connectivity index (χ1n) is 8.42. The van der Waals surface area contributed by atoms with Gasteiger partial charge in [-0.15, -0.1) is 5.92 Å². The van der Waals surface area contributed by atoms with Gasteiger partial charge in [-0.25, -0.2) is 0 Å². The molecule has 0 radical (unpaired) electrons. The molecule has 0 saturated heterocycles. The van der Waals surface area contributed by atoms with Gasteiger partial charge in [0.1, 0.15) is 0 Å². The Morgan fingerprint density at radius 2 is 1.95 bits per heavy atom. The van der Waals surface area contributed by atoms with Crippen LogP contribution in [0.3, 0.4) is 0 Å². The molecule has 0 aromatic rings. The van der Waals surface area contributed by atoms with Crippen molar-refractivity contribution in [3.63, 3.8) is 0 Å². The van der Waals surface area contributed by atoms with Crippen molar-refractivity contribution in [2.24, 2.45) is 28.6 Å². The minimum absolute atomic E-state index is 0.0494. The first kappa shape index (κ1) is 15.9. The summed E-state index contributed by atoms with van der Waals surface area (Å²) in [7, 11) is 0. The number of aliphatic hydroxyl groups is 1. The van der Waals surface area contributed by atoms with Gasteiger partial charge in [-0.05, 0) is 69.6 Å². The van der Waals surface area contributed by atoms with Crippen LogP contribution in [0.4, 0.5) is 0 Å². The fourth-order valence-electron chi connectivity index (χ4n) is 4.74. The van der Waals surface area contributed by atoms with Crippen LogP contribution < -0.4 is 0 Å². The van der Waals surface area contributed by atoms with E-state index in [1.165, 1.54) is 25.7 Å². The molecule has 2 saturated carbocycles. The molecule has 0 spiro atoms. The molecule has 0 heterocycles. The molecule has 114 valence electrons. The second kappa shape index (κ2) is 5.72. The van der Waals surface area contributed by atoms with Crippen LogP contribution in [-0.2, 0) is 0 Å². The predicted molar refractivity (Wildman–Crippen MR) is 85.2 cm³/mol. The summed E-state index contributed by atoms with van der Waals surface area (Å²) in [6, 6.07) is 0. The van der Waals surface area contributed by atoms with Gasteiger partial charge in [-0.2, -0.15) is 0 Å². The Bertz CT molecular complexity index is 394. The average molecular weight is 276 g/mol. The molecular weight excluding hydrogens is 244 g/mol. The van der Waals surface area contributed by atoms with Gasteiger partial charge in [-0.1, -0.05) is 26.2 Å². The zero-order chi connectivity index (χ0) is 15.0. The van der Waals surface area contributed by atoms with Crippen LogP contribution in [-0.4, -0.2) is 11.2 Å². The summed E-state index contributed by atoms with van der Waals surface area (Å²) in [5.41, 5.74) is 0.476. The van der Waals surface area contributed by atoms with Crippen LogP contribution in [0.25, 0.3) is 0 Å². The molecule has 2 aliphatic carbocycles. The lowest BCUT2D eigenvalue weighted by Crippen LogP contribution is -2.41. The highest BCUT2D eigenvalue weighted by atomic mass is 16.3. The molecule has 0 aliphatic heterocycles. The smallest absolute Gasteiger partial charge is 0.0573 e. The lowest BCUT2D eigenvalue weighted by molar-refractivity contribution is -0.0264. The Morgan fingerprint density at radius 1 is 1.25 bits per heavy atom. The van der Waals surface area contributed by atoms with Crippen LogP contribution in [0.2, 0.25) is 0 Å². The van der Waals surface area contributed by atoms with Crippen molar-refractivity contribution in [1.29, 1.82) is 0 Å². The molecule has 2 unspecified atom stereocenters. The Hall–Kier alpha value is -0.480. The van der Waals surface area contributed by atoms with Crippen molar-refractivity contribution in [3.8, 4) is 11.8 Å². The van der Waals surface area contributed by atoms with Crippen molar-refractivity contribution in [1.82, 2.24) is 0 Å². The fraction of sp³-hybridized carbons (Fsp3) is 0.895. The van der Waals surface area contributed by atoms with Crippen LogP contribution in [0.15, 0.2) is 0 Å². The lowest BCUT2D eigenvalue weighted by Gasteiger charge is -2.45. The first-order chi connectivity index (χ1) is 9.24. The Labute approximate surface area is 125 Å². The normalized spacial score (nSPS) is 38.8. The molecule has 1 N–H and O–H groups in total. The van der Waals surface area contributed by atoms with Gasteiger partial charge in [-0.3, -0.25) is 0 Å². The minimum atomic E-state index is -0.0494. The van der Waals surface area contributed by atoms with Gasteiger partial charge >= 0.3 is 0 Å². The topological polar surface area (TPSA) is 20.2 Å². The van der Waals surface area contributed by atoms with E-state index in [9.17, 15) is 5.11 Å². The largest absolute Gasteiger partial charge is 0.393 e. The maximum atomic E-state index is 10.3. The van der Waals surface area contributed by atoms with E-state index in [1.54, 1.807) is 0 Å². The number of fused-ring (bicyclic) bond motifs is 1. The van der Waals surface area contributed by atoms with E-state index in [0.29, 0.717) is 17.3 Å². The number of hydrogen-bond acceptors (Lipinski definition) is 1. The molecule has 2 aliphatic rings. The molecular formula is C19H32O. The summed E-state index contributed by atoms with van der Waals surface area (Å²) in [6.07, 6.45) is 7.00. The molecule has 0 aromatic heterocycles. The van der Waals surface area contributed by atoms with E-state index >= 15 is 0 Å². The molecule has 1 nitrogen and oxygen atoms in total. The maximum absolute atomic E-state index is 10.3. The van der Waals surface area contributed by atoms with Crippen molar-refractivity contribution in [2.45, 2.75) is 79.2 Å². The molecule has 1 heteroatoms. The molecule has 0 aromatic carbocycles. The average Bonchev–Trinajstić information content (AvgIpc) is 2.66. The summed E-state index contributed by atoms with van der Waals surface area (Å²) in [4.78, 5) is 0. The second-order valence-electron chi connectivity index (χ2n) is 8.49. The molecule has 0 amide bonds. The monoisotopic (exact) mass is 276 g/mol. The van der Waals surface area contributed by atoms with E-state index in [-0.39, 0.29) is 11.5 Å². The third-order valence-corrected chi connectivity index (χ3v) is 5.74. The van der Waals surface area contributed by atoms with E-state index < -0.39 is 0 Å². The summed E-state index contributed by atoms with van der Waals surface area (Å²) < 4.78 is 0.